The molecule has 0 fully saturated rings. The molecule has 0 radical (unpaired) electrons. The van der Waals surface area contributed by atoms with E-state index in [1.54, 1.807) is 36.0 Å². The number of rotatable bonds is 5. The van der Waals surface area contributed by atoms with Crippen molar-refractivity contribution in [3.05, 3.63) is 54.2 Å². The summed E-state index contributed by atoms with van der Waals surface area (Å²) in [7, 11) is 3.32. The van der Waals surface area contributed by atoms with Gasteiger partial charge in [-0.25, -0.2) is 9.67 Å². The van der Waals surface area contributed by atoms with Gasteiger partial charge in [0.15, 0.2) is 0 Å². The molecule has 3 aromatic heterocycles. The van der Waals surface area contributed by atoms with Crippen LogP contribution in [0.5, 0.6) is 0 Å². The van der Waals surface area contributed by atoms with Crippen LogP contribution in [0.4, 0.5) is 0 Å². The van der Waals surface area contributed by atoms with E-state index in [1.807, 2.05) is 35.0 Å². The second-order valence-corrected chi connectivity index (χ2v) is 5.02. The molecule has 0 N–H and O–H groups in total. The van der Waals surface area contributed by atoms with Crippen LogP contribution in [0, 0.1) is 0 Å². The molecule has 3 aromatic rings. The summed E-state index contributed by atoms with van der Waals surface area (Å²) in [6.07, 6.45) is 5.57. The highest BCUT2D eigenvalue weighted by Crippen LogP contribution is 2.09. The van der Waals surface area contributed by atoms with Crippen molar-refractivity contribution >= 4 is 11.6 Å². The second-order valence-electron chi connectivity index (χ2n) is 5.02. The lowest BCUT2D eigenvalue weighted by Crippen LogP contribution is -2.27. The van der Waals surface area contributed by atoms with E-state index in [0.717, 1.165) is 11.3 Å². The second kappa shape index (κ2) is 5.98. The van der Waals surface area contributed by atoms with Gasteiger partial charge in [0.2, 0.25) is 0 Å². The molecular formula is C15H17N5O2. The van der Waals surface area contributed by atoms with Crippen molar-refractivity contribution in [2.75, 3.05) is 14.2 Å². The van der Waals surface area contributed by atoms with Crippen molar-refractivity contribution in [3.8, 4) is 0 Å². The van der Waals surface area contributed by atoms with Gasteiger partial charge in [-0.3, -0.25) is 4.79 Å². The SMILES string of the molecule is COCn1ccc(C(=O)N(C)Cc2cn3ccccc3n2)n1. The van der Waals surface area contributed by atoms with Crippen LogP contribution in [0.25, 0.3) is 5.65 Å². The Kier molecular flexibility index (Phi) is 3.88. The number of pyridine rings is 1. The van der Waals surface area contributed by atoms with Crippen molar-refractivity contribution in [3.63, 3.8) is 0 Å². The van der Waals surface area contributed by atoms with Gasteiger partial charge in [-0.2, -0.15) is 5.10 Å². The summed E-state index contributed by atoms with van der Waals surface area (Å²) in [6.45, 7) is 0.751. The van der Waals surface area contributed by atoms with Crippen LogP contribution in [0.15, 0.2) is 42.9 Å². The highest BCUT2D eigenvalue weighted by atomic mass is 16.5. The molecule has 22 heavy (non-hydrogen) atoms. The predicted molar refractivity (Wildman–Crippen MR) is 80.2 cm³/mol. The molecule has 0 saturated carbocycles. The topological polar surface area (TPSA) is 64.7 Å². The van der Waals surface area contributed by atoms with Crippen LogP contribution in [0.3, 0.4) is 0 Å². The van der Waals surface area contributed by atoms with E-state index in [4.69, 9.17) is 4.74 Å². The molecular weight excluding hydrogens is 282 g/mol. The van der Waals surface area contributed by atoms with Crippen molar-refractivity contribution in [1.29, 1.82) is 0 Å². The summed E-state index contributed by atoms with van der Waals surface area (Å²) < 4.78 is 8.48. The van der Waals surface area contributed by atoms with Crippen LogP contribution in [-0.4, -0.2) is 44.1 Å². The van der Waals surface area contributed by atoms with E-state index in [9.17, 15) is 4.79 Å². The van der Waals surface area contributed by atoms with E-state index in [1.165, 1.54) is 0 Å². The summed E-state index contributed by atoms with van der Waals surface area (Å²) in [5.74, 6) is -0.146. The number of carbonyl (C=O) groups is 1. The molecule has 0 aliphatic heterocycles. The maximum atomic E-state index is 12.4. The Morgan fingerprint density at radius 3 is 2.95 bits per heavy atom. The molecule has 0 aromatic carbocycles. The zero-order valence-corrected chi connectivity index (χ0v) is 12.5. The number of fused-ring (bicyclic) bond motifs is 1. The molecule has 0 spiro atoms. The minimum Gasteiger partial charge on any atom is -0.362 e. The first-order valence-electron chi connectivity index (χ1n) is 6.88. The Bertz CT molecular complexity index is 759. The molecule has 114 valence electrons. The highest BCUT2D eigenvalue weighted by molar-refractivity contribution is 5.91. The number of amides is 1. The van der Waals surface area contributed by atoms with Gasteiger partial charge < -0.3 is 14.0 Å². The average Bonchev–Trinajstić information content (AvgIpc) is 3.12. The van der Waals surface area contributed by atoms with E-state index < -0.39 is 0 Å². The molecule has 3 rings (SSSR count). The summed E-state index contributed by atoms with van der Waals surface area (Å²) in [5.41, 5.74) is 2.09. The van der Waals surface area contributed by atoms with Gasteiger partial charge in [0, 0.05) is 32.7 Å². The van der Waals surface area contributed by atoms with Crippen molar-refractivity contribution in [1.82, 2.24) is 24.1 Å². The van der Waals surface area contributed by atoms with Crippen LogP contribution < -0.4 is 0 Å². The third-order valence-corrected chi connectivity index (χ3v) is 3.28. The Morgan fingerprint density at radius 1 is 1.32 bits per heavy atom. The van der Waals surface area contributed by atoms with Gasteiger partial charge in [-0.1, -0.05) is 6.07 Å². The summed E-state index contributed by atoms with van der Waals surface area (Å²) in [6, 6.07) is 7.48. The molecule has 1 amide bonds. The normalized spacial score (nSPS) is 11.0. The fraction of sp³-hybridized carbons (Fsp3) is 0.267. The number of nitrogens with zero attached hydrogens (tertiary/aromatic N) is 5. The number of methoxy groups -OCH3 is 1. The molecule has 0 aliphatic carbocycles. The number of hydrogen-bond donors (Lipinski definition) is 0. The zero-order valence-electron chi connectivity index (χ0n) is 12.5. The number of ether oxygens (including phenoxy) is 1. The number of aromatic nitrogens is 4. The Hall–Kier alpha value is -2.67. The van der Waals surface area contributed by atoms with E-state index in [-0.39, 0.29) is 5.91 Å². The molecule has 0 atom stereocenters. The molecule has 0 bridgehead atoms. The first-order chi connectivity index (χ1) is 10.7. The monoisotopic (exact) mass is 299 g/mol. The summed E-state index contributed by atoms with van der Waals surface area (Å²) in [5, 5.41) is 4.18. The van der Waals surface area contributed by atoms with Crippen molar-refractivity contribution in [2.24, 2.45) is 0 Å². The molecule has 0 aliphatic rings. The summed E-state index contributed by atoms with van der Waals surface area (Å²) >= 11 is 0. The van der Waals surface area contributed by atoms with E-state index in [0.29, 0.717) is 19.0 Å². The third-order valence-electron chi connectivity index (χ3n) is 3.28. The smallest absolute Gasteiger partial charge is 0.274 e. The minimum absolute atomic E-state index is 0.146. The van der Waals surface area contributed by atoms with Crippen molar-refractivity contribution in [2.45, 2.75) is 13.3 Å². The first-order valence-corrected chi connectivity index (χ1v) is 6.88. The average molecular weight is 299 g/mol. The largest absolute Gasteiger partial charge is 0.362 e. The number of carbonyl (C=O) groups excluding carboxylic acids is 1. The van der Waals surface area contributed by atoms with Gasteiger partial charge in [0.25, 0.3) is 5.91 Å². The van der Waals surface area contributed by atoms with Crippen LogP contribution in [0.2, 0.25) is 0 Å². The van der Waals surface area contributed by atoms with Gasteiger partial charge in [0.1, 0.15) is 18.1 Å². The lowest BCUT2D eigenvalue weighted by molar-refractivity contribution is 0.0772. The Labute approximate surface area is 127 Å². The van der Waals surface area contributed by atoms with Gasteiger partial charge in [0.05, 0.1) is 12.2 Å². The lowest BCUT2D eigenvalue weighted by atomic mass is 10.3. The highest BCUT2D eigenvalue weighted by Gasteiger charge is 2.16. The predicted octanol–water partition coefficient (Wildman–Crippen LogP) is 1.41. The van der Waals surface area contributed by atoms with Crippen LogP contribution >= 0.6 is 0 Å². The number of hydrogen-bond acceptors (Lipinski definition) is 4. The first kappa shape index (κ1) is 14.3. The van der Waals surface area contributed by atoms with Gasteiger partial charge in [-0.15, -0.1) is 0 Å². The molecule has 7 heteroatoms. The fourth-order valence-corrected chi connectivity index (χ4v) is 2.25. The third kappa shape index (κ3) is 2.84. The zero-order chi connectivity index (χ0) is 15.5. The molecule has 0 unspecified atom stereocenters. The molecule has 3 heterocycles. The van der Waals surface area contributed by atoms with E-state index >= 15 is 0 Å². The number of imidazole rings is 1. The van der Waals surface area contributed by atoms with E-state index in [2.05, 4.69) is 10.1 Å². The maximum absolute atomic E-state index is 12.4. The van der Waals surface area contributed by atoms with Crippen LogP contribution in [-0.2, 0) is 18.0 Å². The van der Waals surface area contributed by atoms with Gasteiger partial charge >= 0.3 is 0 Å². The quantitative estimate of drug-likeness (QED) is 0.714. The van der Waals surface area contributed by atoms with Crippen LogP contribution in [0.1, 0.15) is 16.2 Å². The minimum atomic E-state index is -0.146. The fourth-order valence-electron chi connectivity index (χ4n) is 2.25. The molecule has 7 nitrogen and oxygen atoms in total. The standard InChI is InChI=1S/C15H17N5O2/c1-18(15(21)13-6-8-20(17-13)11-22-2)9-12-10-19-7-4-3-5-14(19)16-12/h3-8,10H,9,11H2,1-2H3. The van der Waals surface area contributed by atoms with Gasteiger partial charge in [-0.05, 0) is 18.2 Å². The maximum Gasteiger partial charge on any atom is 0.274 e. The Morgan fingerprint density at radius 2 is 2.18 bits per heavy atom. The van der Waals surface area contributed by atoms with Crippen molar-refractivity contribution < 1.29 is 9.53 Å². The lowest BCUT2D eigenvalue weighted by Gasteiger charge is -2.14. The summed E-state index contributed by atoms with van der Waals surface area (Å²) in [4.78, 5) is 18.4. The Balaban J connectivity index is 1.72. The molecule has 0 saturated heterocycles.